The number of carbonyl (C=O) groups is 2. The summed E-state index contributed by atoms with van der Waals surface area (Å²) in [4.78, 5) is 28.4. The summed E-state index contributed by atoms with van der Waals surface area (Å²) in [5.41, 5.74) is 12.2. The number of aryl methyl sites for hydroxylation is 2. The van der Waals surface area contributed by atoms with Crippen molar-refractivity contribution in [3.8, 4) is 6.07 Å². The second-order valence-electron chi connectivity index (χ2n) is 11.7. The van der Waals surface area contributed by atoms with E-state index in [0.717, 1.165) is 52.1 Å². The lowest BCUT2D eigenvalue weighted by molar-refractivity contribution is -0.122. The van der Waals surface area contributed by atoms with Gasteiger partial charge >= 0.3 is 0 Å². The number of carbonyl (C=O) groups excluding carboxylic acids is 2. The minimum absolute atomic E-state index is 0.109. The van der Waals surface area contributed by atoms with Crippen molar-refractivity contribution in [1.82, 2.24) is 20.9 Å². The van der Waals surface area contributed by atoms with Gasteiger partial charge in [0.15, 0.2) is 0 Å². The van der Waals surface area contributed by atoms with Crippen LogP contribution in [0.4, 0.5) is 0 Å². The smallest absolute Gasteiger partial charge is 0.251 e. The van der Waals surface area contributed by atoms with Crippen LogP contribution in [0.25, 0.3) is 5.70 Å². The Morgan fingerprint density at radius 1 is 1.07 bits per heavy atom. The molecule has 2 aromatic carbocycles. The summed E-state index contributed by atoms with van der Waals surface area (Å²) in [6, 6.07) is 14.3. The number of likely N-dealkylation sites (tertiary alicyclic amines) is 1. The number of rotatable bonds is 10. The monoisotopic (exact) mass is 552 g/mol. The third-order valence-corrected chi connectivity index (χ3v) is 9.24. The number of fused-ring (bicyclic) bond motifs is 3. The molecule has 41 heavy (non-hydrogen) atoms. The highest BCUT2D eigenvalue weighted by molar-refractivity contribution is 5.96. The number of nitrogens with one attached hydrogen (secondary N) is 3. The SMILES string of the molecule is C=C(NC)c1ccc2c(c1)CCc1cc(C(=O)NC)ccc1C2(C[C@@H](C)NCC(=C)N1C(C#N)C[C@@H]2C[C@@H]21)C(N)=O. The molecule has 5 atom stereocenters. The van der Waals surface area contributed by atoms with Crippen molar-refractivity contribution in [1.29, 1.82) is 5.26 Å². The maximum absolute atomic E-state index is 13.7. The first-order valence-electron chi connectivity index (χ1n) is 14.4. The molecule has 1 aliphatic heterocycles. The fraction of sp³-hybridized carbons (Fsp3) is 0.424. The maximum Gasteiger partial charge on any atom is 0.251 e. The zero-order chi connectivity index (χ0) is 29.5. The van der Waals surface area contributed by atoms with Crippen LogP contribution in [0.3, 0.4) is 0 Å². The molecule has 2 aromatic rings. The molecule has 3 aliphatic rings. The maximum atomic E-state index is 13.7. The van der Waals surface area contributed by atoms with Gasteiger partial charge in [0.05, 0.1) is 6.07 Å². The fourth-order valence-corrected chi connectivity index (χ4v) is 6.99. The number of nitrogens with zero attached hydrogens (tertiary/aromatic N) is 2. The van der Waals surface area contributed by atoms with Crippen LogP contribution in [0.5, 0.6) is 0 Å². The van der Waals surface area contributed by atoms with Gasteiger partial charge in [-0.15, -0.1) is 0 Å². The van der Waals surface area contributed by atoms with E-state index in [-0.39, 0.29) is 18.0 Å². The Morgan fingerprint density at radius 3 is 2.29 bits per heavy atom. The summed E-state index contributed by atoms with van der Waals surface area (Å²) in [5.74, 6) is 0.0116. The summed E-state index contributed by atoms with van der Waals surface area (Å²) in [6.45, 7) is 11.0. The Bertz CT molecular complexity index is 1390. The number of hydrogen-bond donors (Lipinski definition) is 4. The summed E-state index contributed by atoms with van der Waals surface area (Å²) in [6.07, 6.45) is 3.84. The van der Waals surface area contributed by atoms with Crippen molar-refractivity contribution in [2.75, 3.05) is 20.6 Å². The fourth-order valence-electron chi connectivity index (χ4n) is 6.99. The second kappa shape index (κ2) is 11.1. The van der Waals surface area contributed by atoms with Gasteiger partial charge in [0.25, 0.3) is 5.91 Å². The molecule has 0 radical (unpaired) electrons. The van der Waals surface area contributed by atoms with E-state index in [4.69, 9.17) is 5.73 Å². The van der Waals surface area contributed by atoms with Gasteiger partial charge < -0.3 is 26.6 Å². The van der Waals surface area contributed by atoms with Gasteiger partial charge in [0.1, 0.15) is 11.5 Å². The molecule has 8 heteroatoms. The van der Waals surface area contributed by atoms with E-state index in [2.05, 4.69) is 53.1 Å². The van der Waals surface area contributed by atoms with Crippen molar-refractivity contribution in [3.63, 3.8) is 0 Å². The van der Waals surface area contributed by atoms with Crippen molar-refractivity contribution in [2.24, 2.45) is 11.7 Å². The second-order valence-corrected chi connectivity index (χ2v) is 11.7. The van der Waals surface area contributed by atoms with Crippen molar-refractivity contribution < 1.29 is 9.59 Å². The Labute approximate surface area is 242 Å². The summed E-state index contributed by atoms with van der Waals surface area (Å²) in [7, 11) is 3.45. The largest absolute Gasteiger partial charge is 0.388 e. The average Bonchev–Trinajstić information content (AvgIpc) is 3.67. The topological polar surface area (TPSA) is 123 Å². The lowest BCUT2D eigenvalue weighted by Gasteiger charge is -2.36. The predicted octanol–water partition coefficient (Wildman–Crippen LogP) is 2.97. The number of piperidine rings is 1. The third kappa shape index (κ3) is 5.00. The highest BCUT2D eigenvalue weighted by Crippen LogP contribution is 2.49. The number of benzene rings is 2. The van der Waals surface area contributed by atoms with Gasteiger partial charge in [-0.25, -0.2) is 0 Å². The minimum Gasteiger partial charge on any atom is -0.388 e. The molecule has 1 saturated heterocycles. The number of nitriles is 1. The van der Waals surface area contributed by atoms with Crippen LogP contribution in [0.15, 0.2) is 55.3 Å². The lowest BCUT2D eigenvalue weighted by Crippen LogP contribution is -2.48. The molecule has 2 unspecified atom stereocenters. The molecule has 5 rings (SSSR count). The van der Waals surface area contributed by atoms with Crippen LogP contribution in [0.1, 0.15) is 64.4 Å². The van der Waals surface area contributed by atoms with E-state index in [9.17, 15) is 14.9 Å². The Kier molecular flexibility index (Phi) is 7.67. The molecule has 2 aliphatic carbocycles. The molecule has 0 bridgehead atoms. The molecule has 1 saturated carbocycles. The first-order valence-corrected chi connectivity index (χ1v) is 14.4. The van der Waals surface area contributed by atoms with Gasteiger partial charge in [-0.2, -0.15) is 5.26 Å². The first kappa shape index (κ1) is 28.4. The minimum atomic E-state index is -1.11. The number of hydrogen-bond acceptors (Lipinski definition) is 6. The zero-order valence-electron chi connectivity index (χ0n) is 24.2. The van der Waals surface area contributed by atoms with E-state index in [1.807, 2.05) is 31.3 Å². The zero-order valence-corrected chi connectivity index (χ0v) is 24.2. The van der Waals surface area contributed by atoms with Crippen molar-refractivity contribution >= 4 is 17.5 Å². The average molecular weight is 553 g/mol. The Morgan fingerprint density at radius 2 is 1.71 bits per heavy atom. The van der Waals surface area contributed by atoms with Crippen LogP contribution < -0.4 is 21.7 Å². The van der Waals surface area contributed by atoms with Gasteiger partial charge in [0.2, 0.25) is 5.91 Å². The van der Waals surface area contributed by atoms with Gasteiger partial charge in [0, 0.05) is 49.7 Å². The van der Waals surface area contributed by atoms with Gasteiger partial charge in [-0.3, -0.25) is 9.59 Å². The van der Waals surface area contributed by atoms with Crippen LogP contribution in [0.2, 0.25) is 0 Å². The molecular formula is C33H40N6O2. The van der Waals surface area contributed by atoms with Crippen LogP contribution in [-0.4, -0.2) is 55.5 Å². The number of primary amides is 1. The van der Waals surface area contributed by atoms with Gasteiger partial charge in [-0.1, -0.05) is 31.4 Å². The lowest BCUT2D eigenvalue weighted by atomic mass is 9.68. The number of amides is 2. The van der Waals surface area contributed by atoms with Crippen molar-refractivity contribution in [2.45, 2.75) is 62.6 Å². The van der Waals surface area contributed by atoms with E-state index in [1.165, 1.54) is 0 Å². The van der Waals surface area contributed by atoms with Crippen LogP contribution in [0, 0.1) is 17.2 Å². The predicted molar refractivity (Wildman–Crippen MR) is 161 cm³/mol. The molecule has 8 nitrogen and oxygen atoms in total. The molecular weight excluding hydrogens is 512 g/mol. The molecule has 0 spiro atoms. The molecule has 5 N–H and O–H groups in total. The van der Waals surface area contributed by atoms with E-state index in [1.54, 1.807) is 13.1 Å². The Balaban J connectivity index is 1.51. The number of nitrogens with two attached hydrogens (primary N) is 1. The Hall–Kier alpha value is -4.09. The van der Waals surface area contributed by atoms with Crippen LogP contribution >= 0.6 is 0 Å². The molecule has 1 heterocycles. The standard InChI is InChI=1S/C33H40N6O2/c1-19(38-18-20(2)39-27(17-34)14-26-15-30(26)39)16-33(32(35)41)28-10-8-22(21(3)36-4)12-23(28)6-7-24-13-25(31(40)37-5)9-11-29(24)33/h8-13,19,26-27,30,36,38H,2-3,6-7,14-16,18H2,1,4-5H3,(H2,35,41)(H,37,40)/t19-,26-,27?,30+,33?/m1/s1. The molecule has 214 valence electrons. The molecule has 2 fully saturated rings. The summed E-state index contributed by atoms with van der Waals surface area (Å²) in [5, 5.41) is 19.0. The normalized spacial score (nSPS) is 24.5. The summed E-state index contributed by atoms with van der Waals surface area (Å²) >= 11 is 0. The highest BCUT2D eigenvalue weighted by Gasteiger charge is 2.52. The highest BCUT2D eigenvalue weighted by atomic mass is 16.2. The van der Waals surface area contributed by atoms with Crippen molar-refractivity contribution in [3.05, 3.63) is 88.6 Å². The van der Waals surface area contributed by atoms with E-state index in [0.29, 0.717) is 43.3 Å². The summed E-state index contributed by atoms with van der Waals surface area (Å²) < 4.78 is 0. The molecule has 2 amide bonds. The van der Waals surface area contributed by atoms with E-state index < -0.39 is 11.3 Å². The van der Waals surface area contributed by atoms with E-state index >= 15 is 0 Å². The molecule has 0 aromatic heterocycles. The first-order chi connectivity index (χ1) is 19.6. The van der Waals surface area contributed by atoms with Crippen LogP contribution in [-0.2, 0) is 23.1 Å². The third-order valence-electron chi connectivity index (χ3n) is 9.24. The quantitative estimate of drug-likeness (QED) is 0.359. The van der Waals surface area contributed by atoms with Gasteiger partial charge in [-0.05, 0) is 91.0 Å².